The molecular weight excluding hydrogens is 291 g/mol. The van der Waals surface area contributed by atoms with Crippen LogP contribution in [-0.4, -0.2) is 7.11 Å². The number of ether oxygens (including phenoxy) is 1. The molecule has 0 heterocycles. The lowest BCUT2D eigenvalue weighted by Gasteiger charge is -2.27. The molecule has 1 nitrogen and oxygen atoms in total. The molecule has 0 aromatic heterocycles. The second-order valence-corrected chi connectivity index (χ2v) is 7.62. The van der Waals surface area contributed by atoms with E-state index in [2.05, 4.69) is 13.0 Å². The highest BCUT2D eigenvalue weighted by Gasteiger charge is 2.37. The van der Waals surface area contributed by atoms with Gasteiger partial charge >= 0.3 is 0 Å². The molecule has 2 aliphatic carbocycles. The minimum Gasteiger partial charge on any atom is -0.495 e. The predicted octanol–water partition coefficient (Wildman–Crippen LogP) is 5.69. The van der Waals surface area contributed by atoms with Crippen molar-refractivity contribution in [1.82, 2.24) is 0 Å². The summed E-state index contributed by atoms with van der Waals surface area (Å²) in [6.07, 6.45) is 9.11. The fourth-order valence-corrected chi connectivity index (χ4v) is 4.72. The van der Waals surface area contributed by atoms with E-state index in [1.54, 1.807) is 7.11 Å². The lowest BCUT2D eigenvalue weighted by molar-refractivity contribution is 0.254. The summed E-state index contributed by atoms with van der Waals surface area (Å²) < 4.78 is 5.34. The Labute approximate surface area is 131 Å². The van der Waals surface area contributed by atoms with Crippen molar-refractivity contribution in [3.63, 3.8) is 0 Å². The monoisotopic (exact) mass is 312 g/mol. The Balaban J connectivity index is 1.85. The standard InChI is InChI=1S/C17H22Cl2O/c1-17(8-11-5-3-4-6-11)9-12-7-14(20-2)16(19)15(18)13(12)10-17/h7,11H,3-6,8-10H2,1-2H3. The first kappa shape index (κ1) is 14.5. The molecule has 20 heavy (non-hydrogen) atoms. The van der Waals surface area contributed by atoms with Gasteiger partial charge in [-0.25, -0.2) is 0 Å². The van der Waals surface area contributed by atoms with E-state index in [1.807, 2.05) is 0 Å². The van der Waals surface area contributed by atoms with Crippen LogP contribution in [0, 0.1) is 11.3 Å². The van der Waals surface area contributed by atoms with Gasteiger partial charge < -0.3 is 4.74 Å². The number of benzene rings is 1. The second-order valence-electron chi connectivity index (χ2n) is 6.86. The fourth-order valence-electron chi connectivity index (χ4n) is 4.19. The summed E-state index contributed by atoms with van der Waals surface area (Å²) >= 11 is 12.7. The second kappa shape index (κ2) is 5.42. The summed E-state index contributed by atoms with van der Waals surface area (Å²) in [7, 11) is 1.65. The fraction of sp³-hybridized carbons (Fsp3) is 0.647. The van der Waals surface area contributed by atoms with E-state index in [9.17, 15) is 0 Å². The van der Waals surface area contributed by atoms with E-state index in [0.717, 1.165) is 18.8 Å². The molecule has 1 aromatic rings. The molecule has 1 fully saturated rings. The van der Waals surface area contributed by atoms with E-state index < -0.39 is 0 Å². The normalized spacial score (nSPS) is 26.0. The van der Waals surface area contributed by atoms with Crippen molar-refractivity contribution in [3.05, 3.63) is 27.2 Å². The van der Waals surface area contributed by atoms with Gasteiger partial charge in [-0.2, -0.15) is 0 Å². The van der Waals surface area contributed by atoms with Gasteiger partial charge in [0.2, 0.25) is 0 Å². The molecule has 0 amide bonds. The summed E-state index contributed by atoms with van der Waals surface area (Å²) in [6, 6.07) is 2.09. The van der Waals surface area contributed by atoms with E-state index in [-0.39, 0.29) is 0 Å². The Morgan fingerprint density at radius 3 is 2.55 bits per heavy atom. The van der Waals surface area contributed by atoms with Crippen LogP contribution < -0.4 is 4.74 Å². The molecule has 2 aliphatic rings. The van der Waals surface area contributed by atoms with Gasteiger partial charge in [0.25, 0.3) is 0 Å². The van der Waals surface area contributed by atoms with Crippen molar-refractivity contribution in [1.29, 1.82) is 0 Å². The Bertz CT molecular complexity index is 520. The molecule has 110 valence electrons. The smallest absolute Gasteiger partial charge is 0.139 e. The average Bonchev–Trinajstić information content (AvgIpc) is 3.01. The Morgan fingerprint density at radius 2 is 1.90 bits per heavy atom. The first-order valence-electron chi connectivity index (χ1n) is 7.56. The van der Waals surface area contributed by atoms with Crippen LogP contribution in [0.1, 0.15) is 50.2 Å². The van der Waals surface area contributed by atoms with E-state index in [4.69, 9.17) is 27.9 Å². The molecule has 0 bridgehead atoms. The number of rotatable bonds is 3. The summed E-state index contributed by atoms with van der Waals surface area (Å²) in [4.78, 5) is 0. The SMILES string of the molecule is COc1cc2c(c(Cl)c1Cl)CC(C)(CC1CCCC1)C2. The molecule has 1 aromatic carbocycles. The maximum absolute atomic E-state index is 6.45. The summed E-state index contributed by atoms with van der Waals surface area (Å²) in [5.41, 5.74) is 2.92. The highest BCUT2D eigenvalue weighted by Crippen LogP contribution is 2.49. The van der Waals surface area contributed by atoms with Gasteiger partial charge in [-0.15, -0.1) is 0 Å². The van der Waals surface area contributed by atoms with Gasteiger partial charge in [0.05, 0.1) is 12.1 Å². The molecule has 1 unspecified atom stereocenters. The highest BCUT2D eigenvalue weighted by molar-refractivity contribution is 6.43. The summed E-state index contributed by atoms with van der Waals surface area (Å²) in [5, 5.41) is 1.27. The number of fused-ring (bicyclic) bond motifs is 1. The van der Waals surface area contributed by atoms with Gasteiger partial charge in [0.15, 0.2) is 0 Å². The van der Waals surface area contributed by atoms with E-state index in [1.165, 1.54) is 43.2 Å². The van der Waals surface area contributed by atoms with Crippen LogP contribution in [0.25, 0.3) is 0 Å². The first-order valence-corrected chi connectivity index (χ1v) is 8.32. The third-order valence-corrected chi connectivity index (χ3v) is 5.95. The maximum Gasteiger partial charge on any atom is 0.139 e. The molecule has 3 rings (SSSR count). The molecule has 1 atom stereocenters. The zero-order valence-electron chi connectivity index (χ0n) is 12.3. The van der Waals surface area contributed by atoms with Gasteiger partial charge in [0.1, 0.15) is 10.8 Å². The Morgan fingerprint density at radius 1 is 1.20 bits per heavy atom. The average molecular weight is 313 g/mol. The third kappa shape index (κ3) is 2.55. The van der Waals surface area contributed by atoms with Crippen LogP contribution in [0.5, 0.6) is 5.75 Å². The van der Waals surface area contributed by atoms with Crippen molar-refractivity contribution in [2.24, 2.45) is 11.3 Å². The number of halogens is 2. The highest BCUT2D eigenvalue weighted by atomic mass is 35.5. The van der Waals surface area contributed by atoms with Crippen LogP contribution in [0.4, 0.5) is 0 Å². The van der Waals surface area contributed by atoms with Crippen LogP contribution in [0.3, 0.4) is 0 Å². The topological polar surface area (TPSA) is 9.23 Å². The zero-order chi connectivity index (χ0) is 14.3. The maximum atomic E-state index is 6.45. The third-order valence-electron chi connectivity index (χ3n) is 5.06. The summed E-state index contributed by atoms with van der Waals surface area (Å²) in [6.45, 7) is 2.40. The molecule has 3 heteroatoms. The molecule has 0 N–H and O–H groups in total. The largest absolute Gasteiger partial charge is 0.495 e. The van der Waals surface area contributed by atoms with E-state index >= 15 is 0 Å². The summed E-state index contributed by atoms with van der Waals surface area (Å²) in [5.74, 6) is 1.62. The minimum absolute atomic E-state index is 0.344. The van der Waals surface area contributed by atoms with Gasteiger partial charge in [-0.1, -0.05) is 55.8 Å². The zero-order valence-corrected chi connectivity index (χ0v) is 13.8. The van der Waals surface area contributed by atoms with Crippen molar-refractivity contribution in [2.45, 2.75) is 51.9 Å². The Hall–Kier alpha value is -0.400. The lowest BCUT2D eigenvalue weighted by Crippen LogP contribution is -2.20. The molecule has 0 saturated heterocycles. The molecule has 0 spiro atoms. The number of hydrogen-bond donors (Lipinski definition) is 0. The van der Waals surface area contributed by atoms with Crippen molar-refractivity contribution >= 4 is 23.2 Å². The van der Waals surface area contributed by atoms with Gasteiger partial charge in [-0.3, -0.25) is 0 Å². The van der Waals surface area contributed by atoms with Crippen LogP contribution in [0.2, 0.25) is 10.0 Å². The van der Waals surface area contributed by atoms with Crippen LogP contribution in [-0.2, 0) is 12.8 Å². The first-order chi connectivity index (χ1) is 9.52. The predicted molar refractivity (Wildman–Crippen MR) is 85.1 cm³/mol. The molecule has 0 radical (unpaired) electrons. The van der Waals surface area contributed by atoms with E-state index in [0.29, 0.717) is 21.2 Å². The van der Waals surface area contributed by atoms with Crippen LogP contribution >= 0.6 is 23.2 Å². The Kier molecular flexibility index (Phi) is 3.94. The lowest BCUT2D eigenvalue weighted by atomic mass is 9.78. The number of methoxy groups -OCH3 is 1. The number of hydrogen-bond acceptors (Lipinski definition) is 1. The van der Waals surface area contributed by atoms with Crippen LogP contribution in [0.15, 0.2) is 6.07 Å². The minimum atomic E-state index is 0.344. The van der Waals surface area contributed by atoms with Crippen molar-refractivity contribution in [2.75, 3.05) is 7.11 Å². The van der Waals surface area contributed by atoms with Gasteiger partial charge in [0, 0.05) is 0 Å². The molecular formula is C17H22Cl2O. The van der Waals surface area contributed by atoms with Gasteiger partial charge in [-0.05, 0) is 47.8 Å². The van der Waals surface area contributed by atoms with Crippen molar-refractivity contribution < 1.29 is 4.74 Å². The molecule has 0 aliphatic heterocycles. The molecule has 1 saturated carbocycles. The quantitative estimate of drug-likeness (QED) is 0.697. The van der Waals surface area contributed by atoms with Crippen molar-refractivity contribution in [3.8, 4) is 5.75 Å².